The van der Waals surface area contributed by atoms with Gasteiger partial charge in [-0.15, -0.1) is 0 Å². The molecule has 0 aliphatic heterocycles. The SMILES string of the molecule is CC[C@@H](C)[C@H](NS(=O)(=O)c1cccc(C(F)(F)F)c1)C(=O)NCCc1ccccn1. The molecule has 0 unspecified atom stereocenters. The number of halogens is 3. The van der Waals surface area contributed by atoms with E-state index >= 15 is 0 Å². The van der Waals surface area contributed by atoms with E-state index in [0.29, 0.717) is 18.9 Å². The second-order valence-corrected chi connectivity index (χ2v) is 8.59. The molecule has 164 valence electrons. The van der Waals surface area contributed by atoms with Crippen molar-refractivity contribution in [3.05, 3.63) is 59.9 Å². The minimum Gasteiger partial charge on any atom is -0.354 e. The number of alkyl halides is 3. The van der Waals surface area contributed by atoms with Crippen LogP contribution in [0.3, 0.4) is 0 Å². The smallest absolute Gasteiger partial charge is 0.354 e. The number of carbonyl (C=O) groups excluding carboxylic acids is 1. The molecule has 0 saturated heterocycles. The number of sulfonamides is 1. The Kier molecular flexibility index (Phi) is 7.96. The van der Waals surface area contributed by atoms with Crippen LogP contribution in [0.4, 0.5) is 13.2 Å². The molecule has 0 aliphatic carbocycles. The molecule has 0 radical (unpaired) electrons. The molecule has 2 N–H and O–H groups in total. The highest BCUT2D eigenvalue weighted by Gasteiger charge is 2.33. The summed E-state index contributed by atoms with van der Waals surface area (Å²) >= 11 is 0. The molecule has 0 fully saturated rings. The molecule has 1 amide bonds. The molecule has 1 aromatic carbocycles. The molecule has 2 rings (SSSR count). The van der Waals surface area contributed by atoms with Crippen molar-refractivity contribution in [1.82, 2.24) is 15.0 Å². The number of hydrogen-bond donors (Lipinski definition) is 2. The first-order valence-corrected chi connectivity index (χ1v) is 10.9. The summed E-state index contributed by atoms with van der Waals surface area (Å²) in [6.45, 7) is 3.73. The first-order chi connectivity index (χ1) is 14.0. The Balaban J connectivity index is 2.14. The van der Waals surface area contributed by atoms with Gasteiger partial charge in [0, 0.05) is 24.9 Å². The Labute approximate surface area is 174 Å². The van der Waals surface area contributed by atoms with Crippen LogP contribution in [0.2, 0.25) is 0 Å². The quantitative estimate of drug-likeness (QED) is 0.623. The van der Waals surface area contributed by atoms with Crippen LogP contribution in [0, 0.1) is 5.92 Å². The predicted molar refractivity (Wildman–Crippen MR) is 106 cm³/mol. The molecule has 30 heavy (non-hydrogen) atoms. The van der Waals surface area contributed by atoms with Crippen molar-refractivity contribution in [2.75, 3.05) is 6.54 Å². The normalized spacial score (nSPS) is 14.2. The van der Waals surface area contributed by atoms with Gasteiger partial charge in [-0.3, -0.25) is 9.78 Å². The largest absolute Gasteiger partial charge is 0.416 e. The number of nitrogens with zero attached hydrogens (tertiary/aromatic N) is 1. The van der Waals surface area contributed by atoms with E-state index in [2.05, 4.69) is 15.0 Å². The summed E-state index contributed by atoms with van der Waals surface area (Å²) in [6, 6.07) is 7.67. The van der Waals surface area contributed by atoms with Crippen molar-refractivity contribution in [2.24, 2.45) is 5.92 Å². The lowest BCUT2D eigenvalue weighted by molar-refractivity contribution is -0.137. The van der Waals surface area contributed by atoms with Crippen LogP contribution in [0.25, 0.3) is 0 Å². The Morgan fingerprint density at radius 2 is 1.90 bits per heavy atom. The first kappa shape index (κ1) is 23.8. The molecule has 0 bridgehead atoms. The highest BCUT2D eigenvalue weighted by molar-refractivity contribution is 7.89. The average molecular weight is 443 g/mol. The molecule has 1 heterocycles. The summed E-state index contributed by atoms with van der Waals surface area (Å²) in [5.41, 5.74) is -0.312. The third-order valence-electron chi connectivity index (χ3n) is 4.66. The molecule has 1 aromatic heterocycles. The summed E-state index contributed by atoms with van der Waals surface area (Å²) < 4.78 is 66.4. The van der Waals surface area contributed by atoms with Crippen LogP contribution < -0.4 is 10.0 Å². The van der Waals surface area contributed by atoms with E-state index in [1.54, 1.807) is 32.2 Å². The zero-order chi connectivity index (χ0) is 22.4. The summed E-state index contributed by atoms with van der Waals surface area (Å²) in [5, 5.41) is 2.67. The van der Waals surface area contributed by atoms with Crippen molar-refractivity contribution >= 4 is 15.9 Å². The molecular formula is C20H24F3N3O3S. The number of amides is 1. The van der Waals surface area contributed by atoms with Crippen molar-refractivity contribution in [2.45, 2.75) is 43.8 Å². The van der Waals surface area contributed by atoms with Crippen molar-refractivity contribution in [3.63, 3.8) is 0 Å². The highest BCUT2D eigenvalue weighted by atomic mass is 32.2. The minimum atomic E-state index is -4.68. The minimum absolute atomic E-state index is 0.244. The first-order valence-electron chi connectivity index (χ1n) is 9.41. The molecule has 6 nitrogen and oxygen atoms in total. The van der Waals surface area contributed by atoms with Crippen LogP contribution in [0.15, 0.2) is 53.6 Å². The lowest BCUT2D eigenvalue weighted by Crippen LogP contribution is -2.50. The number of benzene rings is 1. The Bertz CT molecular complexity index is 951. The molecule has 2 atom stereocenters. The standard InChI is InChI=1S/C20H24F3N3O3S/c1-3-14(2)18(19(27)25-12-10-16-8-4-5-11-24-16)26-30(28,29)17-9-6-7-15(13-17)20(21,22)23/h4-9,11,13-14,18,26H,3,10,12H2,1-2H3,(H,25,27)/t14-,18+/m1/s1. The van der Waals surface area contributed by atoms with Gasteiger partial charge >= 0.3 is 6.18 Å². The Morgan fingerprint density at radius 1 is 1.17 bits per heavy atom. The van der Waals surface area contributed by atoms with E-state index in [1.165, 1.54) is 0 Å². The summed E-state index contributed by atoms with van der Waals surface area (Å²) in [6.07, 6.45) is -2.10. The third kappa shape index (κ3) is 6.53. The second-order valence-electron chi connectivity index (χ2n) is 6.87. The van der Waals surface area contributed by atoms with Gasteiger partial charge in [0.2, 0.25) is 15.9 Å². The van der Waals surface area contributed by atoms with E-state index in [-0.39, 0.29) is 12.5 Å². The zero-order valence-electron chi connectivity index (χ0n) is 16.6. The fourth-order valence-electron chi connectivity index (χ4n) is 2.71. The fraction of sp³-hybridized carbons (Fsp3) is 0.400. The van der Waals surface area contributed by atoms with E-state index in [0.717, 1.165) is 23.9 Å². The van der Waals surface area contributed by atoms with Gasteiger partial charge in [0.25, 0.3) is 0 Å². The van der Waals surface area contributed by atoms with Crippen LogP contribution in [-0.4, -0.2) is 31.9 Å². The number of pyridine rings is 1. The molecule has 10 heteroatoms. The van der Waals surface area contributed by atoms with E-state index in [4.69, 9.17) is 0 Å². The number of nitrogens with one attached hydrogen (secondary N) is 2. The maximum atomic E-state index is 12.9. The Morgan fingerprint density at radius 3 is 2.50 bits per heavy atom. The summed E-state index contributed by atoms with van der Waals surface area (Å²) in [4.78, 5) is 16.2. The van der Waals surface area contributed by atoms with Gasteiger partial charge < -0.3 is 5.32 Å². The average Bonchev–Trinajstić information content (AvgIpc) is 2.71. The number of aromatic nitrogens is 1. The van der Waals surface area contributed by atoms with Crippen molar-refractivity contribution in [3.8, 4) is 0 Å². The third-order valence-corrected chi connectivity index (χ3v) is 6.09. The second kappa shape index (κ2) is 10.0. The molecule has 0 spiro atoms. The highest BCUT2D eigenvalue weighted by Crippen LogP contribution is 2.30. The molecule has 0 saturated carbocycles. The van der Waals surface area contributed by atoms with E-state index < -0.39 is 38.6 Å². The lowest BCUT2D eigenvalue weighted by Gasteiger charge is -2.23. The van der Waals surface area contributed by atoms with Gasteiger partial charge in [0.15, 0.2) is 0 Å². The van der Waals surface area contributed by atoms with Crippen LogP contribution in [0.1, 0.15) is 31.5 Å². The van der Waals surface area contributed by atoms with Crippen LogP contribution in [-0.2, 0) is 27.4 Å². The summed E-state index contributed by atoms with van der Waals surface area (Å²) in [5.74, 6) is -0.920. The van der Waals surface area contributed by atoms with Crippen molar-refractivity contribution in [1.29, 1.82) is 0 Å². The van der Waals surface area contributed by atoms with Gasteiger partial charge in [-0.05, 0) is 36.2 Å². The van der Waals surface area contributed by atoms with Gasteiger partial charge in [-0.1, -0.05) is 32.4 Å². The molecule has 2 aromatic rings. The van der Waals surface area contributed by atoms with Gasteiger partial charge in [0.05, 0.1) is 10.5 Å². The summed E-state index contributed by atoms with van der Waals surface area (Å²) in [7, 11) is -4.34. The maximum absolute atomic E-state index is 12.9. The van der Waals surface area contributed by atoms with E-state index in [9.17, 15) is 26.4 Å². The van der Waals surface area contributed by atoms with E-state index in [1.807, 2.05) is 6.07 Å². The molecule has 0 aliphatic rings. The number of rotatable bonds is 9. The Hall–Kier alpha value is -2.46. The van der Waals surface area contributed by atoms with Gasteiger partial charge in [-0.2, -0.15) is 17.9 Å². The van der Waals surface area contributed by atoms with Crippen molar-refractivity contribution < 1.29 is 26.4 Å². The lowest BCUT2D eigenvalue weighted by atomic mass is 9.99. The van der Waals surface area contributed by atoms with Gasteiger partial charge in [0.1, 0.15) is 6.04 Å². The number of hydrogen-bond acceptors (Lipinski definition) is 4. The van der Waals surface area contributed by atoms with Crippen LogP contribution >= 0.6 is 0 Å². The van der Waals surface area contributed by atoms with Gasteiger partial charge in [-0.25, -0.2) is 8.42 Å². The maximum Gasteiger partial charge on any atom is 0.416 e. The molecular weight excluding hydrogens is 419 g/mol. The predicted octanol–water partition coefficient (Wildman–Crippen LogP) is 3.15. The monoisotopic (exact) mass is 443 g/mol. The fourth-order valence-corrected chi connectivity index (χ4v) is 4.06. The van der Waals surface area contributed by atoms with Crippen LogP contribution in [0.5, 0.6) is 0 Å². The number of carbonyl (C=O) groups is 1. The zero-order valence-corrected chi connectivity index (χ0v) is 17.4. The topological polar surface area (TPSA) is 88.2 Å².